The van der Waals surface area contributed by atoms with Crippen molar-refractivity contribution in [3.63, 3.8) is 0 Å². The Hall–Kier alpha value is -4.67. The smallest absolute Gasteiger partial charge is 0.161 e. The lowest BCUT2D eigenvalue weighted by Crippen LogP contribution is -2.29. The molecule has 0 radical (unpaired) electrons. The van der Waals surface area contributed by atoms with Crippen molar-refractivity contribution in [2.24, 2.45) is 0 Å². The van der Waals surface area contributed by atoms with Crippen molar-refractivity contribution in [1.29, 1.82) is 0 Å². The molecule has 10 heteroatoms. The quantitative estimate of drug-likeness (QED) is 0.204. The third kappa shape index (κ3) is 5.91. The number of hydrogen-bond acceptors (Lipinski definition) is 7. The van der Waals surface area contributed by atoms with E-state index in [1.54, 1.807) is 0 Å². The second-order valence-corrected chi connectivity index (χ2v) is 11.7. The maximum atomic E-state index is 14.7. The number of halogens is 1. The van der Waals surface area contributed by atoms with Crippen LogP contribution in [0, 0.1) is 5.82 Å². The molecule has 1 fully saturated rings. The van der Waals surface area contributed by atoms with Gasteiger partial charge in [0.1, 0.15) is 23.7 Å². The lowest BCUT2D eigenvalue weighted by atomic mass is 10.0. The van der Waals surface area contributed by atoms with Crippen molar-refractivity contribution >= 4 is 22.1 Å². The van der Waals surface area contributed by atoms with E-state index in [-0.39, 0.29) is 5.82 Å². The van der Waals surface area contributed by atoms with Crippen LogP contribution in [-0.2, 0) is 6.54 Å². The van der Waals surface area contributed by atoms with Crippen molar-refractivity contribution in [3.05, 3.63) is 78.4 Å². The van der Waals surface area contributed by atoms with Gasteiger partial charge in [0.2, 0.25) is 0 Å². The molecule has 1 aliphatic rings. The summed E-state index contributed by atoms with van der Waals surface area (Å²) in [4.78, 5) is 22.4. The second-order valence-electron chi connectivity index (χ2n) is 11.7. The van der Waals surface area contributed by atoms with Gasteiger partial charge in [0.15, 0.2) is 11.5 Å². The first-order chi connectivity index (χ1) is 21.5. The predicted octanol–water partition coefficient (Wildman–Crippen LogP) is 6.30. The zero-order valence-electron chi connectivity index (χ0n) is 25.0. The summed E-state index contributed by atoms with van der Waals surface area (Å²) in [6, 6.07) is 16.8. The molecular weight excluding hydrogens is 555 g/mol. The fourth-order valence-corrected chi connectivity index (χ4v) is 5.84. The lowest BCUT2D eigenvalue weighted by molar-refractivity contribution is 0.220. The van der Waals surface area contributed by atoms with Crippen molar-refractivity contribution in [1.82, 2.24) is 39.9 Å². The van der Waals surface area contributed by atoms with Crippen LogP contribution >= 0.6 is 0 Å². The van der Waals surface area contributed by atoms with Crippen LogP contribution in [0.2, 0.25) is 0 Å². The fraction of sp³-hybridized carbons (Fsp3) is 0.294. The highest BCUT2D eigenvalue weighted by Gasteiger charge is 2.18. The number of H-pyrrole nitrogens is 2. The van der Waals surface area contributed by atoms with E-state index in [2.05, 4.69) is 31.1 Å². The van der Waals surface area contributed by atoms with Gasteiger partial charge in [-0.25, -0.2) is 14.4 Å². The maximum Gasteiger partial charge on any atom is 0.161 e. The Morgan fingerprint density at radius 3 is 2.66 bits per heavy atom. The molecular formula is C34H35FN8O. The number of pyridine rings is 2. The molecule has 1 saturated heterocycles. The van der Waals surface area contributed by atoms with Crippen molar-refractivity contribution in [3.8, 4) is 39.7 Å². The third-order valence-electron chi connectivity index (χ3n) is 8.08. The number of imidazole rings is 1. The number of para-hydroxylation sites is 1. The van der Waals surface area contributed by atoms with Crippen LogP contribution in [0.3, 0.4) is 0 Å². The Morgan fingerprint density at radius 2 is 1.80 bits per heavy atom. The van der Waals surface area contributed by atoms with Gasteiger partial charge in [-0.05, 0) is 87.6 Å². The summed E-state index contributed by atoms with van der Waals surface area (Å²) in [5, 5.41) is 7.68. The van der Waals surface area contributed by atoms with E-state index in [1.165, 1.54) is 37.0 Å². The maximum absolute atomic E-state index is 14.7. The summed E-state index contributed by atoms with van der Waals surface area (Å²) >= 11 is 0. The molecule has 2 N–H and O–H groups in total. The summed E-state index contributed by atoms with van der Waals surface area (Å²) < 4.78 is 20.5. The number of hydrogen-bond donors (Lipinski definition) is 2. The summed E-state index contributed by atoms with van der Waals surface area (Å²) in [5.41, 5.74) is 8.15. The molecule has 0 bridgehead atoms. The van der Waals surface area contributed by atoms with Gasteiger partial charge in [-0.15, -0.1) is 0 Å². The number of nitrogens with zero attached hydrogens (tertiary/aromatic N) is 6. The van der Waals surface area contributed by atoms with E-state index in [0.29, 0.717) is 40.5 Å². The molecule has 0 aliphatic carbocycles. The molecule has 0 amide bonds. The monoisotopic (exact) mass is 590 g/mol. The average Bonchev–Trinajstić information content (AvgIpc) is 3.65. The average molecular weight is 591 g/mol. The molecule has 224 valence electrons. The molecule has 2 aromatic carbocycles. The first-order valence-electron chi connectivity index (χ1n) is 15.1. The van der Waals surface area contributed by atoms with E-state index in [4.69, 9.17) is 14.7 Å². The van der Waals surface area contributed by atoms with Gasteiger partial charge in [-0.1, -0.05) is 18.6 Å². The van der Waals surface area contributed by atoms with Crippen LogP contribution < -0.4 is 4.74 Å². The van der Waals surface area contributed by atoms with Crippen molar-refractivity contribution < 1.29 is 9.13 Å². The Balaban J connectivity index is 1.21. The zero-order valence-corrected chi connectivity index (χ0v) is 25.0. The number of ether oxygens (including phenoxy) is 1. The highest BCUT2D eigenvalue weighted by molar-refractivity contribution is 5.96. The van der Waals surface area contributed by atoms with Crippen molar-refractivity contribution in [2.45, 2.75) is 25.8 Å². The number of benzene rings is 2. The summed E-state index contributed by atoms with van der Waals surface area (Å²) in [5.74, 6) is 0.706. The Labute approximate surface area is 255 Å². The molecule has 7 rings (SSSR count). The minimum absolute atomic E-state index is 0.361. The summed E-state index contributed by atoms with van der Waals surface area (Å²) in [6.45, 7) is 4.37. The number of aromatic nitrogens is 6. The molecule has 0 atom stereocenters. The van der Waals surface area contributed by atoms with Gasteiger partial charge in [-0.2, -0.15) is 5.10 Å². The Morgan fingerprint density at radius 1 is 0.909 bits per heavy atom. The summed E-state index contributed by atoms with van der Waals surface area (Å²) in [6.07, 6.45) is 7.64. The van der Waals surface area contributed by atoms with Gasteiger partial charge in [-0.3, -0.25) is 15.0 Å². The SMILES string of the molecule is CN(C)CCOc1cc(F)cc(-c2cccc3[nH]c(-c4n[nH]c5ccc(-c6cncc(CN7CCCCC7)c6)nc45)nc23)c1. The zero-order chi connectivity index (χ0) is 30.0. The molecule has 9 nitrogen and oxygen atoms in total. The van der Waals surface area contributed by atoms with Crippen LogP contribution in [0.4, 0.5) is 4.39 Å². The number of fused-ring (bicyclic) bond motifs is 2. The largest absolute Gasteiger partial charge is 0.492 e. The van der Waals surface area contributed by atoms with Crippen LogP contribution in [0.5, 0.6) is 5.75 Å². The standard InChI is InChI=1S/C34H35FN8O/c1-42(2)13-14-44-26-17-23(16-25(35)18-26)27-7-6-8-29-31(27)39-34(38-29)33-32-30(40-41-33)10-9-28(37-32)24-15-22(19-36-20-24)21-43-11-4-3-5-12-43/h6-10,15-20H,3-5,11-14,21H2,1-2H3,(H,38,39)(H,40,41). The molecule has 44 heavy (non-hydrogen) atoms. The third-order valence-corrected chi connectivity index (χ3v) is 8.08. The molecule has 0 unspecified atom stereocenters. The second kappa shape index (κ2) is 12.1. The van der Waals surface area contributed by atoms with E-state index < -0.39 is 0 Å². The normalized spacial score (nSPS) is 14.2. The minimum atomic E-state index is -0.361. The van der Waals surface area contributed by atoms with Gasteiger partial charge >= 0.3 is 0 Å². The molecule has 1 aliphatic heterocycles. The molecule has 5 heterocycles. The van der Waals surface area contributed by atoms with Crippen LogP contribution in [-0.4, -0.2) is 80.3 Å². The van der Waals surface area contributed by atoms with Crippen LogP contribution in [0.25, 0.3) is 56.0 Å². The highest BCUT2D eigenvalue weighted by atomic mass is 19.1. The fourth-order valence-electron chi connectivity index (χ4n) is 5.84. The molecule has 4 aromatic heterocycles. The van der Waals surface area contributed by atoms with Gasteiger partial charge in [0.05, 0.1) is 22.2 Å². The Kier molecular flexibility index (Phi) is 7.76. The predicted molar refractivity (Wildman–Crippen MR) is 171 cm³/mol. The van der Waals surface area contributed by atoms with Crippen molar-refractivity contribution in [2.75, 3.05) is 40.3 Å². The topological polar surface area (TPSA) is 98.8 Å². The first-order valence-corrected chi connectivity index (χ1v) is 15.1. The van der Waals surface area contributed by atoms with E-state index >= 15 is 0 Å². The highest BCUT2D eigenvalue weighted by Crippen LogP contribution is 2.34. The molecule has 6 aromatic rings. The van der Waals surface area contributed by atoms with Gasteiger partial charge in [0, 0.05) is 42.7 Å². The van der Waals surface area contributed by atoms with E-state index in [9.17, 15) is 4.39 Å². The number of likely N-dealkylation sites (tertiary alicyclic amines) is 1. The molecule has 0 spiro atoms. The minimum Gasteiger partial charge on any atom is -0.492 e. The van der Waals surface area contributed by atoms with Crippen LogP contribution in [0.1, 0.15) is 24.8 Å². The number of rotatable bonds is 9. The number of nitrogens with one attached hydrogen (secondary N) is 2. The summed E-state index contributed by atoms with van der Waals surface area (Å²) in [7, 11) is 3.95. The lowest BCUT2D eigenvalue weighted by Gasteiger charge is -2.26. The van der Waals surface area contributed by atoms with Gasteiger partial charge < -0.3 is 14.6 Å². The number of piperidine rings is 1. The Bertz CT molecular complexity index is 1920. The molecule has 0 saturated carbocycles. The van der Waals surface area contributed by atoms with Crippen LogP contribution in [0.15, 0.2) is 67.0 Å². The van der Waals surface area contributed by atoms with Gasteiger partial charge in [0.25, 0.3) is 0 Å². The number of likely N-dealkylation sites (N-methyl/N-ethyl adjacent to an activating group) is 1. The van der Waals surface area contributed by atoms with E-state index in [0.717, 1.165) is 54.0 Å². The first kappa shape index (κ1) is 28.1. The number of aromatic amines is 2. The van der Waals surface area contributed by atoms with E-state index in [1.807, 2.05) is 67.8 Å².